The number of hydrogen-bond acceptors (Lipinski definition) is 1. The first kappa shape index (κ1) is 15.1. The van der Waals surface area contributed by atoms with Crippen molar-refractivity contribution in [2.75, 3.05) is 18.4 Å². The van der Waals surface area contributed by atoms with Gasteiger partial charge in [-0.2, -0.15) is 13.2 Å². The van der Waals surface area contributed by atoms with E-state index in [-0.39, 0.29) is 0 Å². The smallest absolute Gasteiger partial charge is 0.349 e. The quantitative estimate of drug-likeness (QED) is 0.785. The fraction of sp³-hybridized carbons (Fsp3) is 0.500. The van der Waals surface area contributed by atoms with Gasteiger partial charge in [-0.25, -0.2) is 0 Å². The summed E-state index contributed by atoms with van der Waals surface area (Å²) in [5.41, 5.74) is -0.0678. The number of likely N-dealkylation sites (tertiary alicyclic amines) is 1. The van der Waals surface area contributed by atoms with Crippen LogP contribution >= 0.6 is 12.2 Å². The Morgan fingerprint density at radius 2 is 1.95 bits per heavy atom. The summed E-state index contributed by atoms with van der Waals surface area (Å²) in [5.74, 6) is 0.594. The highest BCUT2D eigenvalue weighted by atomic mass is 32.1. The second kappa shape index (κ2) is 5.99. The van der Waals surface area contributed by atoms with Crippen LogP contribution < -0.4 is 5.32 Å². The molecular formula is C14H17F3N2S. The Morgan fingerprint density at radius 3 is 2.50 bits per heavy atom. The van der Waals surface area contributed by atoms with Gasteiger partial charge >= 0.3 is 6.18 Å². The molecule has 0 aliphatic carbocycles. The minimum absolute atomic E-state index is 0.580. The second-order valence-corrected chi connectivity index (χ2v) is 5.59. The Kier molecular flexibility index (Phi) is 4.52. The predicted octanol–water partition coefficient (Wildman–Crippen LogP) is 4.13. The molecule has 1 saturated heterocycles. The summed E-state index contributed by atoms with van der Waals surface area (Å²) in [6.45, 7) is 3.97. The molecule has 6 heteroatoms. The van der Waals surface area contributed by atoms with E-state index in [4.69, 9.17) is 12.2 Å². The van der Waals surface area contributed by atoms with Gasteiger partial charge in [-0.3, -0.25) is 0 Å². The van der Waals surface area contributed by atoms with Crippen molar-refractivity contribution in [1.29, 1.82) is 0 Å². The topological polar surface area (TPSA) is 15.3 Å². The first-order valence-electron chi connectivity index (χ1n) is 6.59. The van der Waals surface area contributed by atoms with Crippen molar-refractivity contribution < 1.29 is 13.2 Å². The van der Waals surface area contributed by atoms with Crippen LogP contribution in [0.5, 0.6) is 0 Å². The molecule has 1 aliphatic heterocycles. The summed E-state index contributed by atoms with van der Waals surface area (Å²) in [4.78, 5) is 2.07. The maximum absolute atomic E-state index is 12.5. The zero-order valence-corrected chi connectivity index (χ0v) is 12.0. The molecule has 0 unspecified atom stereocenters. The number of rotatable bonds is 1. The SMILES string of the molecule is C[C@H]1CCCN(C(=S)Nc2ccc(C(F)(F)F)cc2)C1. The summed E-state index contributed by atoms with van der Waals surface area (Å²) in [6.07, 6.45) is -2.02. The summed E-state index contributed by atoms with van der Waals surface area (Å²) in [6, 6.07) is 4.93. The van der Waals surface area contributed by atoms with Crippen LogP contribution in [0.25, 0.3) is 0 Å². The molecule has 0 radical (unpaired) electrons. The number of hydrogen-bond donors (Lipinski definition) is 1. The Morgan fingerprint density at radius 1 is 1.30 bits per heavy atom. The minimum Gasteiger partial charge on any atom is -0.349 e. The summed E-state index contributed by atoms with van der Waals surface area (Å²) >= 11 is 5.31. The largest absolute Gasteiger partial charge is 0.416 e. The molecule has 1 aliphatic rings. The van der Waals surface area contributed by atoms with Crippen molar-refractivity contribution in [3.8, 4) is 0 Å². The number of alkyl halides is 3. The molecule has 2 nitrogen and oxygen atoms in total. The van der Waals surface area contributed by atoms with Crippen molar-refractivity contribution in [1.82, 2.24) is 4.90 Å². The molecule has 110 valence electrons. The third kappa shape index (κ3) is 3.85. The molecule has 0 aromatic heterocycles. The first-order chi connectivity index (χ1) is 9.36. The molecule has 0 spiro atoms. The monoisotopic (exact) mass is 302 g/mol. The van der Waals surface area contributed by atoms with E-state index in [0.717, 1.165) is 31.6 Å². The molecule has 0 amide bonds. The molecule has 1 aromatic rings. The van der Waals surface area contributed by atoms with E-state index in [1.807, 2.05) is 0 Å². The second-order valence-electron chi connectivity index (χ2n) is 5.20. The molecule has 1 fully saturated rings. The van der Waals surface area contributed by atoms with Crippen LogP contribution in [0.2, 0.25) is 0 Å². The van der Waals surface area contributed by atoms with E-state index >= 15 is 0 Å². The minimum atomic E-state index is -4.30. The average molecular weight is 302 g/mol. The fourth-order valence-corrected chi connectivity index (χ4v) is 2.60. The third-order valence-electron chi connectivity index (χ3n) is 3.41. The van der Waals surface area contributed by atoms with E-state index in [2.05, 4.69) is 17.1 Å². The molecule has 2 rings (SSSR count). The number of nitrogens with zero attached hydrogens (tertiary/aromatic N) is 1. The maximum atomic E-state index is 12.5. The maximum Gasteiger partial charge on any atom is 0.416 e. The highest BCUT2D eigenvalue weighted by Gasteiger charge is 2.30. The van der Waals surface area contributed by atoms with E-state index in [1.165, 1.54) is 18.6 Å². The van der Waals surface area contributed by atoms with E-state index in [0.29, 0.717) is 16.7 Å². The van der Waals surface area contributed by atoms with Crippen LogP contribution in [0.3, 0.4) is 0 Å². The van der Waals surface area contributed by atoms with Gasteiger partial charge in [0.05, 0.1) is 5.56 Å². The van der Waals surface area contributed by atoms with Gasteiger partial charge in [-0.05, 0) is 55.2 Å². The number of benzene rings is 1. The molecule has 20 heavy (non-hydrogen) atoms. The zero-order valence-electron chi connectivity index (χ0n) is 11.2. The van der Waals surface area contributed by atoms with Crippen molar-refractivity contribution in [2.24, 2.45) is 5.92 Å². The Labute approximate surface area is 122 Å². The van der Waals surface area contributed by atoms with Gasteiger partial charge in [-0.1, -0.05) is 6.92 Å². The van der Waals surface area contributed by atoms with Gasteiger partial charge in [0.25, 0.3) is 0 Å². The summed E-state index contributed by atoms with van der Waals surface area (Å²) < 4.78 is 37.4. The Hall–Kier alpha value is -1.30. The van der Waals surface area contributed by atoms with Crippen molar-refractivity contribution in [2.45, 2.75) is 25.9 Å². The number of halogens is 3. The molecule has 1 atom stereocenters. The van der Waals surface area contributed by atoms with Crippen molar-refractivity contribution >= 4 is 23.0 Å². The van der Waals surface area contributed by atoms with Crippen LogP contribution in [0.15, 0.2) is 24.3 Å². The van der Waals surface area contributed by atoms with E-state index in [9.17, 15) is 13.2 Å². The van der Waals surface area contributed by atoms with Gasteiger partial charge in [0, 0.05) is 18.8 Å². The lowest BCUT2D eigenvalue weighted by Gasteiger charge is -2.33. The van der Waals surface area contributed by atoms with Gasteiger partial charge < -0.3 is 10.2 Å². The number of piperidine rings is 1. The Balaban J connectivity index is 1.97. The summed E-state index contributed by atoms with van der Waals surface area (Å²) in [7, 11) is 0. The molecule has 1 aromatic carbocycles. The molecule has 0 saturated carbocycles. The predicted molar refractivity (Wildman–Crippen MR) is 77.6 cm³/mol. The van der Waals surface area contributed by atoms with E-state index < -0.39 is 11.7 Å². The number of anilines is 1. The molecule has 1 heterocycles. The zero-order chi connectivity index (χ0) is 14.8. The lowest BCUT2D eigenvalue weighted by Crippen LogP contribution is -2.41. The van der Waals surface area contributed by atoms with Gasteiger partial charge in [-0.15, -0.1) is 0 Å². The highest BCUT2D eigenvalue weighted by Crippen LogP contribution is 2.29. The van der Waals surface area contributed by atoms with Crippen LogP contribution in [0.4, 0.5) is 18.9 Å². The fourth-order valence-electron chi connectivity index (χ4n) is 2.32. The lowest BCUT2D eigenvalue weighted by molar-refractivity contribution is -0.137. The van der Waals surface area contributed by atoms with Crippen LogP contribution in [0.1, 0.15) is 25.3 Å². The number of nitrogens with one attached hydrogen (secondary N) is 1. The van der Waals surface area contributed by atoms with Gasteiger partial charge in [0.2, 0.25) is 0 Å². The van der Waals surface area contributed by atoms with Crippen LogP contribution in [-0.2, 0) is 6.18 Å². The third-order valence-corrected chi connectivity index (χ3v) is 3.77. The van der Waals surface area contributed by atoms with Crippen LogP contribution in [-0.4, -0.2) is 23.1 Å². The Bertz CT molecular complexity index is 470. The van der Waals surface area contributed by atoms with Gasteiger partial charge in [0.1, 0.15) is 0 Å². The van der Waals surface area contributed by atoms with Crippen molar-refractivity contribution in [3.05, 3.63) is 29.8 Å². The highest BCUT2D eigenvalue weighted by molar-refractivity contribution is 7.80. The first-order valence-corrected chi connectivity index (χ1v) is 7.00. The standard InChI is InChI=1S/C14H17F3N2S/c1-10-3-2-8-19(9-10)13(20)18-12-6-4-11(5-7-12)14(15,16)17/h4-7,10H,2-3,8-9H2,1H3,(H,18,20)/t10-/m0/s1. The average Bonchev–Trinajstić information content (AvgIpc) is 2.38. The number of thiocarbonyl (C=S) groups is 1. The molecular weight excluding hydrogens is 285 g/mol. The lowest BCUT2D eigenvalue weighted by atomic mass is 10.0. The normalized spacial score (nSPS) is 19.8. The van der Waals surface area contributed by atoms with E-state index in [1.54, 1.807) is 0 Å². The van der Waals surface area contributed by atoms with Gasteiger partial charge in [0.15, 0.2) is 5.11 Å². The summed E-state index contributed by atoms with van der Waals surface area (Å²) in [5, 5.41) is 3.58. The molecule has 1 N–H and O–H groups in total. The van der Waals surface area contributed by atoms with Crippen LogP contribution in [0, 0.1) is 5.92 Å². The van der Waals surface area contributed by atoms with Crippen molar-refractivity contribution in [3.63, 3.8) is 0 Å². The molecule has 0 bridgehead atoms.